The van der Waals surface area contributed by atoms with Gasteiger partial charge in [-0.1, -0.05) is 95.1 Å². The number of nitrogens with two attached hydrogens (primary N) is 1. The molecule has 38 nitrogen and oxygen atoms in total. The van der Waals surface area contributed by atoms with Gasteiger partial charge in [0, 0.05) is 82.2 Å². The third-order valence-corrected chi connectivity index (χ3v) is 24.6. The number of aliphatic hydroxyl groups excluding tert-OH is 4. The van der Waals surface area contributed by atoms with Crippen LogP contribution >= 0.6 is 11.8 Å². The molecule has 726 valence electrons. The number of carboxylic acid groups (broad SMARTS) is 3. The van der Waals surface area contributed by atoms with E-state index in [1.54, 1.807) is 65.0 Å². The highest BCUT2D eigenvalue weighted by Crippen LogP contribution is 2.47. The van der Waals surface area contributed by atoms with Crippen molar-refractivity contribution in [2.45, 2.75) is 238 Å². The van der Waals surface area contributed by atoms with E-state index in [4.69, 9.17) is 5.73 Å². The van der Waals surface area contributed by atoms with Gasteiger partial charge in [0.25, 0.3) is 0 Å². The maximum Gasteiger partial charge on any atom is 0.304 e. The van der Waals surface area contributed by atoms with Crippen LogP contribution in [0.2, 0.25) is 0 Å². The third-order valence-electron chi connectivity index (χ3n) is 23.5. The van der Waals surface area contributed by atoms with E-state index in [0.717, 1.165) is 30.5 Å². The molecule has 1 heterocycles. The number of imide groups is 1. The number of carbonyl (C=O) groups is 20. The lowest BCUT2D eigenvalue weighted by atomic mass is 9.85. The van der Waals surface area contributed by atoms with Crippen LogP contribution in [0.3, 0.4) is 0 Å². The standard InChI is InChI=1S/C93H129N9O29S/c1-8-51(4)84(80(116)38-59(32-56-19-24-63(107)25-20-56)87(125)97-72(31-50(2)3)76(112)36-60(40-82(119)120)86(124)96-52(5)15-12-13-29-94)101-89(127)62(46-103)39-77(113)73(34-57-21-26-64(108)27-22-57)98-88(126)61(41-83(121)122)37-78(114)75(47-104)100-91(129)69(54(7)106)44-79(115)74(33-55-16-10-9-11-17-55)99-90(128)68(53(6)105)42-66(110)45-95-85(123)58(23-28-81(117)118)35-67(111)49-132-48-65(109)18-14-30-102-92(130)70-43-71(70)93(102)131/h9-11,16-17,19-22,24-27,50-54,58-62,68-75,84,103-108H,8,12-15,18,23,28-49,94H2,1-7H3,(H,95,123)(H,96,124)(H,97,125)(H,98,126)(H,99,128)(H,100,129)(H,101,127)(H,117,118)(H,119,120)(H,121,122)/t51-,52+,53+,54+,58+,59+,60-,61-,62-,68-,69-,70-,71+,72-,73-,74-,75-,84-/m0/s1. The molecule has 1 saturated heterocycles. The first-order chi connectivity index (χ1) is 62.4. The molecule has 18 N–H and O–H groups in total. The van der Waals surface area contributed by atoms with E-state index in [-0.39, 0.29) is 115 Å². The molecule has 9 amide bonds. The number of ketones is 8. The Kier molecular flexibility index (Phi) is 47.0. The zero-order chi connectivity index (χ0) is 98.3. The van der Waals surface area contributed by atoms with E-state index in [0.29, 0.717) is 43.4 Å². The highest BCUT2D eigenvalue weighted by Gasteiger charge is 2.58. The Hall–Kier alpha value is -11.4. The number of phenolic OH excluding ortho intramolecular Hbond substituents is 2. The molecule has 3 aromatic rings. The molecule has 39 heteroatoms. The molecular formula is C93H129N9O29S. The van der Waals surface area contributed by atoms with Crippen LogP contribution in [0.1, 0.15) is 187 Å². The number of rotatable bonds is 67. The topological polar surface area (TPSA) is 637 Å². The van der Waals surface area contributed by atoms with E-state index < -0.39 is 286 Å². The zero-order valence-electron chi connectivity index (χ0n) is 75.6. The Balaban J connectivity index is 1.28. The minimum atomic E-state index is -2.00. The summed E-state index contributed by atoms with van der Waals surface area (Å²) in [6.07, 6.45) is -9.43. The molecule has 0 radical (unpaired) electrons. The summed E-state index contributed by atoms with van der Waals surface area (Å²) in [6.45, 7) is 8.22. The van der Waals surface area contributed by atoms with Crippen LogP contribution in [0.4, 0.5) is 0 Å². The molecule has 0 bridgehead atoms. The number of nitrogens with zero attached hydrogens (tertiary/aromatic N) is 1. The van der Waals surface area contributed by atoms with Crippen molar-refractivity contribution >= 4 is 129 Å². The first-order valence-corrected chi connectivity index (χ1v) is 45.8. The monoisotopic (exact) mass is 1870 g/mol. The Morgan fingerprint density at radius 2 is 0.902 bits per heavy atom. The first-order valence-electron chi connectivity index (χ1n) is 44.6. The molecule has 0 unspecified atom stereocenters. The summed E-state index contributed by atoms with van der Waals surface area (Å²) in [5, 5.41) is 111. The zero-order valence-corrected chi connectivity index (χ0v) is 76.4. The number of unbranched alkanes of at least 4 members (excludes halogenated alkanes) is 1. The van der Waals surface area contributed by atoms with E-state index >= 15 is 0 Å². The minimum absolute atomic E-state index is 0.0237. The summed E-state index contributed by atoms with van der Waals surface area (Å²) in [4.78, 5) is 273. The molecule has 18 atom stereocenters. The number of likely N-dealkylation sites (tertiary alicyclic amines) is 1. The van der Waals surface area contributed by atoms with Crippen molar-refractivity contribution in [3.05, 3.63) is 95.6 Å². The molecule has 0 spiro atoms. The van der Waals surface area contributed by atoms with Crippen molar-refractivity contribution in [1.29, 1.82) is 0 Å². The fraction of sp³-hybridized carbons (Fsp3) is 0.591. The van der Waals surface area contributed by atoms with Crippen molar-refractivity contribution in [3.63, 3.8) is 0 Å². The van der Waals surface area contributed by atoms with Gasteiger partial charge < -0.3 is 88.9 Å². The second-order valence-electron chi connectivity index (χ2n) is 35.0. The second-order valence-corrected chi connectivity index (χ2v) is 36.0. The van der Waals surface area contributed by atoms with Crippen molar-refractivity contribution < 1.29 is 142 Å². The Morgan fingerprint density at radius 1 is 0.439 bits per heavy atom. The van der Waals surface area contributed by atoms with Gasteiger partial charge in [-0.05, 0) is 138 Å². The predicted octanol–water partition coefficient (Wildman–Crippen LogP) is 2.07. The third kappa shape index (κ3) is 38.1. The van der Waals surface area contributed by atoms with Gasteiger partial charge >= 0.3 is 17.9 Å². The SMILES string of the molecule is CC[C@H](C)[C@H](NC(=O)[C@H](CO)CC(=O)[C@H](Cc1ccc(O)cc1)NC(=O)[C@H](CC(=O)O)CC(=O)[C@H](CO)NC(=O)[C@@H](CC(=O)[C@H](Cc1ccccc1)NC(=O)[C@@H](CC(=O)CNC(=O)[C@H](CCC(=O)O)CC(=O)CSCC(=O)CCCN1C(=O)[C@H]2C[C@H]2C1=O)[C@@H](C)O)[C@@H](C)O)C(=O)C[C@@H](Cc1ccc(O)cc1)C(=O)N[C@@H](CC(C)C)C(=O)C[C@@H](CC(=O)O)C(=O)N[C@H](C)CCCCN. The summed E-state index contributed by atoms with van der Waals surface area (Å²) < 4.78 is 0. The quantitative estimate of drug-likeness (QED) is 0.0284. The maximum atomic E-state index is 14.8. The summed E-state index contributed by atoms with van der Waals surface area (Å²) in [5.41, 5.74) is 6.76. The normalized spacial score (nSPS) is 17.0. The van der Waals surface area contributed by atoms with Gasteiger partial charge in [-0.2, -0.15) is 0 Å². The van der Waals surface area contributed by atoms with Crippen LogP contribution in [0.5, 0.6) is 11.5 Å². The molecule has 0 aromatic heterocycles. The fourth-order valence-electron chi connectivity index (χ4n) is 15.4. The number of piperidine rings is 1. The Morgan fingerprint density at radius 3 is 1.42 bits per heavy atom. The highest BCUT2D eigenvalue weighted by atomic mass is 32.2. The van der Waals surface area contributed by atoms with Gasteiger partial charge in [0.2, 0.25) is 53.2 Å². The number of fused-ring (bicyclic) bond motifs is 1. The van der Waals surface area contributed by atoms with Gasteiger partial charge in [-0.15, -0.1) is 11.8 Å². The first kappa shape index (κ1) is 111. The maximum absolute atomic E-state index is 14.8. The van der Waals surface area contributed by atoms with Crippen LogP contribution in [-0.2, 0) is 115 Å². The molecule has 5 rings (SSSR count). The van der Waals surface area contributed by atoms with Gasteiger partial charge in [0.05, 0.1) is 122 Å². The molecule has 1 aliphatic heterocycles. The second kappa shape index (κ2) is 55.8. The number of hydrogen-bond donors (Lipinski definition) is 17. The van der Waals surface area contributed by atoms with E-state index in [9.17, 15) is 142 Å². The lowest BCUT2D eigenvalue weighted by Gasteiger charge is -2.28. The molecular weight excluding hydrogens is 1740 g/mol. The van der Waals surface area contributed by atoms with Crippen molar-refractivity contribution in [2.24, 2.45) is 70.8 Å². The van der Waals surface area contributed by atoms with Crippen LogP contribution < -0.4 is 43.0 Å². The number of carboxylic acids is 3. The van der Waals surface area contributed by atoms with Crippen molar-refractivity contribution in [1.82, 2.24) is 42.1 Å². The number of phenols is 2. The van der Waals surface area contributed by atoms with E-state index in [2.05, 4.69) is 37.2 Å². The fourth-order valence-corrected chi connectivity index (χ4v) is 16.3. The number of aliphatic carboxylic acids is 3. The number of aromatic hydroxyl groups is 2. The summed E-state index contributed by atoms with van der Waals surface area (Å²) >= 11 is 0.947. The number of aliphatic hydroxyl groups is 4. The average molecular weight is 1870 g/mol. The lowest BCUT2D eigenvalue weighted by molar-refractivity contribution is -0.143. The largest absolute Gasteiger partial charge is 0.508 e. The van der Waals surface area contributed by atoms with Gasteiger partial charge in [0.15, 0.2) is 34.7 Å². The number of hydrogen-bond acceptors (Lipinski definition) is 28. The summed E-state index contributed by atoms with van der Waals surface area (Å²) in [7, 11) is 0. The number of thioether (sulfide) groups is 1. The summed E-state index contributed by atoms with van der Waals surface area (Å²) in [6, 6.07) is 10.4. The van der Waals surface area contributed by atoms with Crippen LogP contribution in [-0.4, -0.2) is 261 Å². The molecule has 3 aromatic carbocycles. The minimum Gasteiger partial charge on any atom is -0.508 e. The van der Waals surface area contributed by atoms with Crippen molar-refractivity contribution in [3.8, 4) is 11.5 Å². The Labute approximate surface area is 769 Å². The van der Waals surface area contributed by atoms with Crippen molar-refractivity contribution in [2.75, 3.05) is 44.4 Å². The molecule has 2 aliphatic rings. The predicted molar refractivity (Wildman–Crippen MR) is 476 cm³/mol. The Bertz CT molecular complexity index is 4490. The number of nitrogens with one attached hydrogen (secondary N) is 7. The number of benzene rings is 3. The number of Topliss-reactive ketones (excluding diaryl/α,β-unsaturated/α-hetero) is 8. The highest BCUT2D eigenvalue weighted by molar-refractivity contribution is 8.00. The molecule has 1 saturated carbocycles. The average Bonchev–Trinajstić information content (AvgIpc) is 1.58. The summed E-state index contributed by atoms with van der Waals surface area (Å²) in [5.74, 6) is -31.2. The molecule has 1 aliphatic carbocycles. The smallest absolute Gasteiger partial charge is 0.304 e. The van der Waals surface area contributed by atoms with Crippen LogP contribution in [0.15, 0.2) is 78.9 Å². The number of amides is 9. The molecule has 132 heavy (non-hydrogen) atoms. The van der Waals surface area contributed by atoms with Crippen LogP contribution in [0, 0.1) is 65.1 Å². The van der Waals surface area contributed by atoms with Crippen LogP contribution in [0.25, 0.3) is 0 Å². The van der Waals surface area contributed by atoms with E-state index in [1.807, 2.05) is 0 Å². The van der Waals surface area contributed by atoms with E-state index in [1.165, 1.54) is 48.5 Å². The van der Waals surface area contributed by atoms with Gasteiger partial charge in [-0.25, -0.2) is 0 Å². The molecule has 2 fully saturated rings. The number of carbonyl (C=O) groups excluding carboxylic acids is 17. The van der Waals surface area contributed by atoms with Gasteiger partial charge in [0.1, 0.15) is 29.1 Å². The lowest BCUT2D eigenvalue weighted by Crippen LogP contribution is -2.52. The van der Waals surface area contributed by atoms with Gasteiger partial charge in [-0.3, -0.25) is 101 Å².